The zero-order valence-electron chi connectivity index (χ0n) is 12.0. The third kappa shape index (κ3) is 3.17. The quantitative estimate of drug-likeness (QED) is 0.789. The van der Waals surface area contributed by atoms with Crippen LogP contribution in [0.1, 0.15) is 36.2 Å². The van der Waals surface area contributed by atoms with E-state index in [1.165, 1.54) is 0 Å². The van der Waals surface area contributed by atoms with Crippen molar-refractivity contribution in [3.63, 3.8) is 0 Å². The van der Waals surface area contributed by atoms with Crippen LogP contribution in [0.25, 0.3) is 0 Å². The predicted molar refractivity (Wildman–Crippen MR) is 77.0 cm³/mol. The van der Waals surface area contributed by atoms with Crippen molar-refractivity contribution >= 4 is 5.91 Å². The number of aromatic nitrogens is 1. The summed E-state index contributed by atoms with van der Waals surface area (Å²) in [5.41, 5.74) is 1.15. The molecule has 20 heavy (non-hydrogen) atoms. The fourth-order valence-electron chi connectivity index (χ4n) is 2.43. The third-order valence-corrected chi connectivity index (χ3v) is 3.97. The van der Waals surface area contributed by atoms with E-state index >= 15 is 0 Å². The van der Waals surface area contributed by atoms with E-state index in [9.17, 15) is 4.79 Å². The molecule has 106 valence electrons. The highest BCUT2D eigenvalue weighted by atomic mass is 16.2. The van der Waals surface area contributed by atoms with E-state index in [4.69, 9.17) is 5.11 Å². The van der Waals surface area contributed by atoms with Crippen molar-refractivity contribution in [1.82, 2.24) is 9.88 Å². The van der Waals surface area contributed by atoms with Gasteiger partial charge in [-0.2, -0.15) is 0 Å². The van der Waals surface area contributed by atoms with Crippen LogP contribution in [-0.4, -0.2) is 40.6 Å². The normalized spacial score (nSPS) is 22.1. The number of amides is 1. The minimum atomic E-state index is -0.221. The number of rotatable bonds is 1. The lowest BCUT2D eigenvalue weighted by molar-refractivity contribution is 0.0627. The van der Waals surface area contributed by atoms with Crippen molar-refractivity contribution in [3.05, 3.63) is 29.6 Å². The Morgan fingerprint density at radius 3 is 3.00 bits per heavy atom. The van der Waals surface area contributed by atoms with Crippen LogP contribution in [-0.2, 0) is 0 Å². The maximum Gasteiger partial charge on any atom is 0.255 e. The van der Waals surface area contributed by atoms with Crippen molar-refractivity contribution in [2.75, 3.05) is 19.7 Å². The summed E-state index contributed by atoms with van der Waals surface area (Å²) in [4.78, 5) is 18.5. The Kier molecular flexibility index (Phi) is 4.75. The van der Waals surface area contributed by atoms with Gasteiger partial charge in [-0.3, -0.25) is 9.78 Å². The molecule has 1 fully saturated rings. The molecule has 1 aromatic rings. The topological polar surface area (TPSA) is 53.4 Å². The van der Waals surface area contributed by atoms with Crippen LogP contribution in [0.15, 0.2) is 18.5 Å². The number of aliphatic hydroxyl groups is 1. The summed E-state index contributed by atoms with van der Waals surface area (Å²) in [5.74, 6) is 6.55. The highest BCUT2D eigenvalue weighted by Gasteiger charge is 2.27. The van der Waals surface area contributed by atoms with Gasteiger partial charge < -0.3 is 10.0 Å². The lowest BCUT2D eigenvalue weighted by Crippen LogP contribution is -2.42. The first kappa shape index (κ1) is 14.5. The van der Waals surface area contributed by atoms with E-state index in [-0.39, 0.29) is 12.5 Å². The summed E-state index contributed by atoms with van der Waals surface area (Å²) >= 11 is 0. The molecule has 2 unspecified atom stereocenters. The standard InChI is InChI=1S/C16H20N2O2/c1-12-6-8-18(11-13(12)2)16(20)15-5-7-17-10-14(15)4-3-9-19/h5,7,10,12-13,19H,6,8-9,11H2,1-2H3. The Balaban J connectivity index is 2.21. The number of aliphatic hydroxyl groups excluding tert-OH is 1. The number of carbonyl (C=O) groups excluding carboxylic acids is 1. The molecule has 1 aliphatic heterocycles. The van der Waals surface area contributed by atoms with Gasteiger partial charge in [0.2, 0.25) is 0 Å². The van der Waals surface area contributed by atoms with Crippen molar-refractivity contribution in [1.29, 1.82) is 0 Å². The average molecular weight is 272 g/mol. The number of hydrogen-bond acceptors (Lipinski definition) is 3. The van der Waals surface area contributed by atoms with Gasteiger partial charge in [-0.15, -0.1) is 0 Å². The second kappa shape index (κ2) is 6.53. The molecule has 1 N–H and O–H groups in total. The van der Waals surface area contributed by atoms with E-state index in [0.717, 1.165) is 19.5 Å². The van der Waals surface area contributed by atoms with Gasteiger partial charge in [0, 0.05) is 25.5 Å². The zero-order valence-corrected chi connectivity index (χ0v) is 12.0. The number of pyridine rings is 1. The smallest absolute Gasteiger partial charge is 0.255 e. The molecule has 1 amide bonds. The summed E-state index contributed by atoms with van der Waals surface area (Å²) in [6.07, 6.45) is 4.22. The average Bonchev–Trinajstić information content (AvgIpc) is 2.47. The Morgan fingerprint density at radius 1 is 1.50 bits per heavy atom. The molecule has 4 nitrogen and oxygen atoms in total. The predicted octanol–water partition coefficient (Wildman–Crippen LogP) is 1.54. The third-order valence-electron chi connectivity index (χ3n) is 3.97. The van der Waals surface area contributed by atoms with Gasteiger partial charge in [0.25, 0.3) is 5.91 Å². The molecule has 2 heterocycles. The summed E-state index contributed by atoms with van der Waals surface area (Å²) in [6.45, 7) is 5.77. The van der Waals surface area contributed by atoms with Gasteiger partial charge >= 0.3 is 0 Å². The van der Waals surface area contributed by atoms with Crippen molar-refractivity contribution in [3.8, 4) is 11.8 Å². The fraction of sp³-hybridized carbons (Fsp3) is 0.500. The molecule has 2 atom stereocenters. The van der Waals surface area contributed by atoms with Gasteiger partial charge in [-0.1, -0.05) is 25.7 Å². The fourth-order valence-corrected chi connectivity index (χ4v) is 2.43. The summed E-state index contributed by atoms with van der Waals surface area (Å²) in [7, 11) is 0. The molecular formula is C16H20N2O2. The molecule has 4 heteroatoms. The molecule has 0 radical (unpaired) electrons. The number of piperidine rings is 1. The van der Waals surface area contributed by atoms with Crippen LogP contribution < -0.4 is 0 Å². The van der Waals surface area contributed by atoms with E-state index in [0.29, 0.717) is 23.0 Å². The van der Waals surface area contributed by atoms with Gasteiger partial charge in [-0.05, 0) is 24.3 Å². The Hall–Kier alpha value is -1.86. The van der Waals surface area contributed by atoms with E-state index in [1.807, 2.05) is 4.90 Å². The van der Waals surface area contributed by atoms with Crippen LogP contribution in [0.3, 0.4) is 0 Å². The first-order chi connectivity index (χ1) is 9.63. The van der Waals surface area contributed by atoms with Crippen LogP contribution in [0.5, 0.6) is 0 Å². The van der Waals surface area contributed by atoms with Crippen LogP contribution >= 0.6 is 0 Å². The molecule has 0 aromatic carbocycles. The number of hydrogen-bond donors (Lipinski definition) is 1. The molecule has 0 spiro atoms. The molecule has 0 bridgehead atoms. The minimum absolute atomic E-state index is 0.00777. The monoisotopic (exact) mass is 272 g/mol. The van der Waals surface area contributed by atoms with Crippen molar-refractivity contribution < 1.29 is 9.90 Å². The van der Waals surface area contributed by atoms with Crippen LogP contribution in [0.2, 0.25) is 0 Å². The molecular weight excluding hydrogens is 252 g/mol. The SMILES string of the molecule is CC1CCN(C(=O)c2ccncc2C#CCO)CC1C. The number of carbonyl (C=O) groups is 1. The maximum atomic E-state index is 12.6. The Morgan fingerprint density at radius 2 is 2.30 bits per heavy atom. The highest BCUT2D eigenvalue weighted by Crippen LogP contribution is 2.24. The molecule has 1 aromatic heterocycles. The van der Waals surface area contributed by atoms with Crippen molar-refractivity contribution in [2.45, 2.75) is 20.3 Å². The number of likely N-dealkylation sites (tertiary alicyclic amines) is 1. The largest absolute Gasteiger partial charge is 0.384 e. The number of nitrogens with zero attached hydrogens (tertiary/aromatic N) is 2. The first-order valence-corrected chi connectivity index (χ1v) is 6.96. The molecule has 1 aliphatic rings. The maximum absolute atomic E-state index is 12.6. The van der Waals surface area contributed by atoms with Crippen LogP contribution in [0.4, 0.5) is 0 Å². The van der Waals surface area contributed by atoms with Gasteiger partial charge in [-0.25, -0.2) is 0 Å². The molecule has 1 saturated heterocycles. The second-order valence-electron chi connectivity index (χ2n) is 5.38. The van der Waals surface area contributed by atoms with Gasteiger partial charge in [0.05, 0.1) is 11.1 Å². The molecule has 0 saturated carbocycles. The van der Waals surface area contributed by atoms with E-state index in [2.05, 4.69) is 30.7 Å². The molecule has 0 aliphatic carbocycles. The lowest BCUT2D eigenvalue weighted by Gasteiger charge is -2.35. The van der Waals surface area contributed by atoms with E-state index < -0.39 is 0 Å². The summed E-state index contributed by atoms with van der Waals surface area (Å²) in [5, 5.41) is 8.78. The van der Waals surface area contributed by atoms with Gasteiger partial charge in [0.15, 0.2) is 0 Å². The summed E-state index contributed by atoms with van der Waals surface area (Å²) in [6, 6.07) is 1.70. The van der Waals surface area contributed by atoms with Gasteiger partial charge in [0.1, 0.15) is 6.61 Å². The van der Waals surface area contributed by atoms with E-state index in [1.54, 1.807) is 18.5 Å². The van der Waals surface area contributed by atoms with Crippen molar-refractivity contribution in [2.24, 2.45) is 11.8 Å². The molecule has 2 rings (SSSR count). The summed E-state index contributed by atoms with van der Waals surface area (Å²) < 4.78 is 0. The minimum Gasteiger partial charge on any atom is -0.384 e. The first-order valence-electron chi connectivity index (χ1n) is 6.96. The Bertz CT molecular complexity index is 545. The second-order valence-corrected chi connectivity index (χ2v) is 5.38. The zero-order chi connectivity index (χ0) is 14.5. The lowest BCUT2D eigenvalue weighted by atomic mass is 9.88. The highest BCUT2D eigenvalue weighted by molar-refractivity contribution is 5.96. The van der Waals surface area contributed by atoms with Crippen LogP contribution in [0, 0.1) is 23.7 Å². The Labute approximate surface area is 119 Å².